The molecule has 2 aliphatic heterocycles. The third-order valence-corrected chi connectivity index (χ3v) is 6.55. The number of nitrogens with one attached hydrogen (secondary N) is 2. The summed E-state index contributed by atoms with van der Waals surface area (Å²) in [5.74, 6) is -2.55. The minimum atomic E-state index is -1.25. The number of carbonyl (C=O) groups excluding carboxylic acids is 5. The number of rotatable bonds is 11. The van der Waals surface area contributed by atoms with Gasteiger partial charge >= 0.3 is 18.0 Å². The fraction of sp³-hybridized carbons (Fsp3) is 0.455. The number of hydrogen-bond acceptors (Lipinski definition) is 12. The van der Waals surface area contributed by atoms with Crippen LogP contribution in [0.4, 0.5) is 4.79 Å². The first kappa shape index (κ1) is 28.8. The molecular formula is C22H25ClN4O10S. The highest BCUT2D eigenvalue weighted by atomic mass is 35.5. The molecule has 1 fully saturated rings. The summed E-state index contributed by atoms with van der Waals surface area (Å²) in [5.41, 5.74) is -0.0835. The molecule has 3 heterocycles. The summed E-state index contributed by atoms with van der Waals surface area (Å²) in [5, 5.41) is 7.98. The van der Waals surface area contributed by atoms with Crippen molar-refractivity contribution in [3.05, 3.63) is 35.4 Å². The summed E-state index contributed by atoms with van der Waals surface area (Å²) in [4.78, 5) is 68.0. The van der Waals surface area contributed by atoms with E-state index in [1.165, 1.54) is 38.1 Å². The van der Waals surface area contributed by atoms with Crippen molar-refractivity contribution in [2.24, 2.45) is 5.16 Å². The van der Waals surface area contributed by atoms with Crippen LogP contribution in [0.2, 0.25) is 0 Å². The van der Waals surface area contributed by atoms with Crippen LogP contribution in [-0.2, 0) is 38.2 Å². The normalized spacial score (nSPS) is 19.5. The van der Waals surface area contributed by atoms with E-state index in [1.54, 1.807) is 6.07 Å². The zero-order chi connectivity index (χ0) is 27.8. The lowest BCUT2D eigenvalue weighted by Gasteiger charge is -2.49. The highest BCUT2D eigenvalue weighted by molar-refractivity contribution is 8.00. The molecule has 0 spiro atoms. The summed E-state index contributed by atoms with van der Waals surface area (Å²) in [6, 6.07) is 2.03. The predicted octanol–water partition coefficient (Wildman–Crippen LogP) is 0.701. The first-order valence-corrected chi connectivity index (χ1v) is 12.7. The summed E-state index contributed by atoms with van der Waals surface area (Å²) in [6.45, 7) is 2.32. The average Bonchev–Trinajstić information content (AvgIpc) is 3.41. The highest BCUT2D eigenvalue weighted by Crippen LogP contribution is 2.41. The van der Waals surface area contributed by atoms with Crippen LogP contribution < -0.4 is 10.6 Å². The molecule has 0 aliphatic carbocycles. The van der Waals surface area contributed by atoms with Crippen molar-refractivity contribution < 1.29 is 47.4 Å². The van der Waals surface area contributed by atoms with Gasteiger partial charge in [0.25, 0.3) is 11.8 Å². The largest absolute Gasteiger partial charge is 0.462 e. The highest BCUT2D eigenvalue weighted by Gasteiger charge is 2.55. The van der Waals surface area contributed by atoms with E-state index in [9.17, 15) is 24.0 Å². The topological polar surface area (TPSA) is 175 Å². The molecular weight excluding hydrogens is 548 g/mol. The van der Waals surface area contributed by atoms with Crippen LogP contribution in [0.5, 0.6) is 0 Å². The van der Waals surface area contributed by atoms with Gasteiger partial charge in [-0.25, -0.2) is 9.59 Å². The second-order valence-electron chi connectivity index (χ2n) is 7.69. The Morgan fingerprint density at radius 1 is 1.32 bits per heavy atom. The van der Waals surface area contributed by atoms with Crippen LogP contribution >= 0.6 is 23.4 Å². The van der Waals surface area contributed by atoms with Crippen molar-refractivity contribution in [2.45, 2.75) is 31.6 Å². The number of amides is 3. The van der Waals surface area contributed by atoms with Crippen molar-refractivity contribution in [2.75, 3.05) is 31.9 Å². The number of furan rings is 1. The third-order valence-electron chi connectivity index (χ3n) is 5.03. The molecule has 1 saturated heterocycles. The van der Waals surface area contributed by atoms with Crippen molar-refractivity contribution in [1.29, 1.82) is 0 Å². The van der Waals surface area contributed by atoms with Crippen molar-refractivity contribution in [1.82, 2.24) is 15.5 Å². The number of hydrogen-bond donors (Lipinski definition) is 2. The first-order chi connectivity index (χ1) is 18.2. The molecule has 0 aromatic carbocycles. The van der Waals surface area contributed by atoms with Gasteiger partial charge in [-0.15, -0.1) is 23.4 Å². The standard InChI is InChI=1S/C22H25ClN4O10S/c1-11(28)36-12(2)37-21(31)17-13(9-35-22(32)24-7-6-23)10-38-20-16(19(30)27(17)20)25-18(29)15(26-33-3)14-5-4-8-34-14/h4-5,8,12,16,20H,6-7,9-10H2,1-3H3,(H,24,32)(H,25,29)/t12?,16?,20-/m0/s1. The Hall–Kier alpha value is -3.72. The summed E-state index contributed by atoms with van der Waals surface area (Å²) < 4.78 is 20.4. The summed E-state index contributed by atoms with van der Waals surface area (Å²) in [7, 11) is 1.25. The number of alkyl carbamates (subject to hydrolysis) is 1. The van der Waals surface area contributed by atoms with E-state index in [1.807, 2.05) is 0 Å². The van der Waals surface area contributed by atoms with E-state index in [-0.39, 0.29) is 47.5 Å². The van der Waals surface area contributed by atoms with Gasteiger partial charge in [-0.1, -0.05) is 5.16 Å². The predicted molar refractivity (Wildman–Crippen MR) is 132 cm³/mol. The zero-order valence-corrected chi connectivity index (χ0v) is 22.1. The Morgan fingerprint density at radius 2 is 2.08 bits per heavy atom. The van der Waals surface area contributed by atoms with Gasteiger partial charge in [-0.05, 0) is 12.1 Å². The number of halogens is 1. The van der Waals surface area contributed by atoms with Crippen LogP contribution in [0, 0.1) is 0 Å². The van der Waals surface area contributed by atoms with Crippen LogP contribution in [0.1, 0.15) is 19.6 Å². The number of alkyl halides is 1. The van der Waals surface area contributed by atoms with Gasteiger partial charge in [-0.3, -0.25) is 19.3 Å². The lowest BCUT2D eigenvalue weighted by atomic mass is 10.0. The second kappa shape index (κ2) is 13.2. The SMILES string of the molecule is CON=C(C(=O)NC1C(=O)N2C(C(=O)OC(C)OC(C)=O)=C(COC(=O)NCCCl)CS[C@@H]12)c1ccco1. The van der Waals surface area contributed by atoms with Gasteiger partial charge in [0.05, 0.1) is 6.26 Å². The molecule has 3 amide bonds. The average molecular weight is 573 g/mol. The number of ether oxygens (including phenoxy) is 3. The maximum Gasteiger partial charge on any atom is 0.407 e. The monoisotopic (exact) mass is 572 g/mol. The number of nitrogens with zero attached hydrogens (tertiary/aromatic N) is 2. The lowest BCUT2D eigenvalue weighted by molar-refractivity contribution is -0.182. The molecule has 0 bridgehead atoms. The number of oxime groups is 1. The molecule has 16 heteroatoms. The molecule has 206 valence electrons. The molecule has 3 rings (SSSR count). The Balaban J connectivity index is 1.79. The van der Waals surface area contributed by atoms with Crippen molar-refractivity contribution >= 4 is 58.9 Å². The smallest absolute Gasteiger partial charge is 0.407 e. The van der Waals surface area contributed by atoms with E-state index >= 15 is 0 Å². The summed E-state index contributed by atoms with van der Waals surface area (Å²) in [6.07, 6.45) is -0.669. The number of thioether (sulfide) groups is 1. The first-order valence-electron chi connectivity index (χ1n) is 11.1. The minimum absolute atomic E-state index is 0.125. The lowest BCUT2D eigenvalue weighted by Crippen LogP contribution is -2.71. The third kappa shape index (κ3) is 6.77. The Kier molecular flexibility index (Phi) is 10.0. The van der Waals surface area contributed by atoms with E-state index in [0.29, 0.717) is 0 Å². The van der Waals surface area contributed by atoms with Crippen LogP contribution in [-0.4, -0.2) is 90.1 Å². The van der Waals surface area contributed by atoms with E-state index in [2.05, 4.69) is 15.8 Å². The van der Waals surface area contributed by atoms with Crippen LogP contribution in [0.3, 0.4) is 0 Å². The van der Waals surface area contributed by atoms with Gasteiger partial charge < -0.3 is 34.1 Å². The maximum absolute atomic E-state index is 13.1. The minimum Gasteiger partial charge on any atom is -0.462 e. The molecule has 2 unspecified atom stereocenters. The summed E-state index contributed by atoms with van der Waals surface area (Å²) >= 11 is 6.77. The van der Waals surface area contributed by atoms with E-state index in [0.717, 1.165) is 11.8 Å². The Bertz CT molecular complexity index is 1140. The van der Waals surface area contributed by atoms with E-state index < -0.39 is 47.6 Å². The molecule has 2 aliphatic rings. The van der Waals surface area contributed by atoms with Gasteiger partial charge in [0.15, 0.2) is 5.76 Å². The molecule has 3 atom stereocenters. The Labute approximate surface area is 225 Å². The zero-order valence-electron chi connectivity index (χ0n) is 20.6. The van der Waals surface area contributed by atoms with Crippen molar-refractivity contribution in [3.8, 4) is 0 Å². The fourth-order valence-electron chi connectivity index (χ4n) is 3.51. The molecule has 2 N–H and O–H groups in total. The maximum atomic E-state index is 13.1. The van der Waals surface area contributed by atoms with Gasteiger partial charge in [0.2, 0.25) is 12.0 Å². The fourth-order valence-corrected chi connectivity index (χ4v) is 4.93. The second-order valence-corrected chi connectivity index (χ2v) is 9.17. The van der Waals surface area contributed by atoms with Crippen LogP contribution in [0.15, 0.2) is 39.2 Å². The van der Waals surface area contributed by atoms with Crippen LogP contribution in [0.25, 0.3) is 0 Å². The molecule has 1 aromatic rings. The molecule has 0 radical (unpaired) electrons. The van der Waals surface area contributed by atoms with Gasteiger partial charge in [0.1, 0.15) is 30.8 Å². The Morgan fingerprint density at radius 3 is 2.71 bits per heavy atom. The quantitative estimate of drug-likeness (QED) is 0.0953. The molecule has 38 heavy (non-hydrogen) atoms. The number of fused-ring (bicyclic) bond motifs is 1. The number of carbonyl (C=O) groups is 5. The van der Waals surface area contributed by atoms with E-state index in [4.69, 9.17) is 35.1 Å². The molecule has 14 nitrogen and oxygen atoms in total. The number of esters is 2. The van der Waals surface area contributed by atoms with Gasteiger partial charge in [-0.2, -0.15) is 0 Å². The van der Waals surface area contributed by atoms with Crippen molar-refractivity contribution in [3.63, 3.8) is 0 Å². The number of β-lactam (4-membered cyclic amide) rings is 1. The molecule has 1 aromatic heterocycles. The van der Waals surface area contributed by atoms with Gasteiger partial charge in [0, 0.05) is 37.6 Å². The molecule has 0 saturated carbocycles.